The predicted molar refractivity (Wildman–Crippen MR) is 121 cm³/mol. The molecule has 1 unspecified atom stereocenters. The fourth-order valence-corrected chi connectivity index (χ4v) is 5.90. The third kappa shape index (κ3) is 3.81. The summed E-state index contributed by atoms with van der Waals surface area (Å²) in [5.74, 6) is -2.78. The van der Waals surface area contributed by atoms with Crippen molar-refractivity contribution >= 4 is 17.8 Å². The lowest BCUT2D eigenvalue weighted by atomic mass is 9.74. The minimum absolute atomic E-state index is 0.200. The van der Waals surface area contributed by atoms with Crippen molar-refractivity contribution in [1.82, 2.24) is 9.80 Å². The lowest BCUT2D eigenvalue weighted by molar-refractivity contribution is -0.161. The van der Waals surface area contributed by atoms with Crippen molar-refractivity contribution < 1.29 is 29.0 Å². The monoisotopic (exact) mass is 460 g/mol. The Kier molecular flexibility index (Phi) is 6.69. The number of hydrogen-bond donors (Lipinski definition) is 1. The molecule has 8 heteroatoms. The normalized spacial score (nSPS) is 38.3. The Morgan fingerprint density at radius 3 is 2.67 bits per heavy atom. The van der Waals surface area contributed by atoms with Gasteiger partial charge in [-0.15, -0.1) is 0 Å². The summed E-state index contributed by atoms with van der Waals surface area (Å²) in [4.78, 5) is 44.3. The lowest BCUT2D eigenvalue weighted by Gasteiger charge is -2.39. The van der Waals surface area contributed by atoms with E-state index < -0.39 is 41.1 Å². The highest BCUT2D eigenvalue weighted by atomic mass is 16.6. The summed E-state index contributed by atoms with van der Waals surface area (Å²) in [5, 5.41) is 9.93. The van der Waals surface area contributed by atoms with Crippen LogP contribution in [0.15, 0.2) is 24.3 Å². The second-order valence-corrected chi connectivity index (χ2v) is 9.88. The van der Waals surface area contributed by atoms with Crippen molar-refractivity contribution in [3.05, 3.63) is 24.3 Å². The molecule has 0 aromatic carbocycles. The number of allylic oxidation sites excluding steroid dienone is 1. The summed E-state index contributed by atoms with van der Waals surface area (Å²) >= 11 is 0. The average Bonchev–Trinajstić information content (AvgIpc) is 3.13. The number of aliphatic hydroxyl groups excluding tert-OH is 1. The van der Waals surface area contributed by atoms with Gasteiger partial charge in [-0.1, -0.05) is 37.6 Å². The fourth-order valence-electron chi connectivity index (χ4n) is 5.90. The molecule has 4 rings (SSSR count). The quantitative estimate of drug-likeness (QED) is 0.497. The van der Waals surface area contributed by atoms with Gasteiger partial charge in [0.2, 0.25) is 11.8 Å². The first-order chi connectivity index (χ1) is 15.8. The largest absolute Gasteiger partial charge is 0.465 e. The van der Waals surface area contributed by atoms with Crippen LogP contribution in [-0.4, -0.2) is 82.3 Å². The van der Waals surface area contributed by atoms with Gasteiger partial charge in [0.05, 0.1) is 30.8 Å². The van der Waals surface area contributed by atoms with Crippen molar-refractivity contribution in [2.24, 2.45) is 11.8 Å². The molecular weight excluding hydrogens is 424 g/mol. The maximum Gasteiger partial charge on any atom is 0.313 e. The minimum Gasteiger partial charge on any atom is -0.465 e. The molecule has 4 aliphatic rings. The number of carbonyl (C=O) groups excluding carboxylic acids is 3. The zero-order valence-corrected chi connectivity index (χ0v) is 19.9. The number of esters is 1. The predicted octanol–water partition coefficient (Wildman–Crippen LogP) is 1.82. The van der Waals surface area contributed by atoms with Gasteiger partial charge in [0, 0.05) is 13.1 Å². The molecule has 0 aromatic heterocycles. The molecular formula is C25H36N2O6. The van der Waals surface area contributed by atoms with Crippen LogP contribution in [0.5, 0.6) is 0 Å². The molecule has 0 bridgehead atoms. The lowest BCUT2D eigenvalue weighted by Crippen LogP contribution is -2.58. The second-order valence-electron chi connectivity index (χ2n) is 9.88. The first-order valence-electron chi connectivity index (χ1n) is 12.2. The van der Waals surface area contributed by atoms with E-state index in [1.54, 1.807) is 11.8 Å². The summed E-state index contributed by atoms with van der Waals surface area (Å²) in [7, 11) is 0. The van der Waals surface area contributed by atoms with Crippen LogP contribution in [0.4, 0.5) is 0 Å². The van der Waals surface area contributed by atoms with E-state index in [2.05, 4.69) is 6.92 Å². The molecule has 2 fully saturated rings. The smallest absolute Gasteiger partial charge is 0.313 e. The molecule has 2 amide bonds. The Labute approximate surface area is 195 Å². The zero-order valence-electron chi connectivity index (χ0n) is 19.9. The van der Waals surface area contributed by atoms with Crippen molar-refractivity contribution in [2.75, 3.05) is 26.3 Å². The number of ether oxygens (including phenoxy) is 2. The Morgan fingerprint density at radius 2 is 1.94 bits per heavy atom. The van der Waals surface area contributed by atoms with Crippen LogP contribution < -0.4 is 0 Å². The number of rotatable bonds is 5. The van der Waals surface area contributed by atoms with Crippen LogP contribution in [-0.2, 0) is 23.9 Å². The molecule has 8 nitrogen and oxygen atoms in total. The third-order valence-corrected chi connectivity index (χ3v) is 7.54. The molecule has 0 aromatic rings. The first-order valence-corrected chi connectivity index (χ1v) is 12.2. The van der Waals surface area contributed by atoms with Gasteiger partial charge in [-0.05, 0) is 39.5 Å². The number of cyclic esters (lactones) is 1. The van der Waals surface area contributed by atoms with Crippen LogP contribution in [0.3, 0.4) is 0 Å². The van der Waals surface area contributed by atoms with Gasteiger partial charge in [-0.3, -0.25) is 14.4 Å². The number of nitrogens with zero attached hydrogens (tertiary/aromatic N) is 2. The number of amides is 2. The van der Waals surface area contributed by atoms with Gasteiger partial charge in [-0.2, -0.15) is 0 Å². The maximum atomic E-state index is 13.9. The highest BCUT2D eigenvalue weighted by Crippen LogP contribution is 2.57. The van der Waals surface area contributed by atoms with Crippen LogP contribution in [0, 0.1) is 11.8 Å². The van der Waals surface area contributed by atoms with Crippen molar-refractivity contribution in [2.45, 2.75) is 76.2 Å². The zero-order chi connectivity index (χ0) is 23.8. The van der Waals surface area contributed by atoms with E-state index in [-0.39, 0.29) is 18.4 Å². The Hall–Kier alpha value is -2.19. The van der Waals surface area contributed by atoms with Crippen LogP contribution in [0.25, 0.3) is 0 Å². The first kappa shape index (κ1) is 24.0. The van der Waals surface area contributed by atoms with Crippen molar-refractivity contribution in [3.63, 3.8) is 0 Å². The van der Waals surface area contributed by atoms with E-state index in [0.29, 0.717) is 19.7 Å². The topological polar surface area (TPSA) is 96.4 Å². The highest BCUT2D eigenvalue weighted by molar-refractivity contribution is 5.99. The Bertz CT molecular complexity index is 856. The molecule has 182 valence electrons. The Balaban J connectivity index is 1.85. The number of unbranched alkanes of at least 4 members (excludes halogenated alkanes) is 1. The van der Waals surface area contributed by atoms with E-state index in [4.69, 9.17) is 9.47 Å². The van der Waals surface area contributed by atoms with E-state index in [0.717, 1.165) is 32.1 Å². The molecule has 4 aliphatic heterocycles. The highest BCUT2D eigenvalue weighted by Gasteiger charge is 2.75. The van der Waals surface area contributed by atoms with Gasteiger partial charge < -0.3 is 24.4 Å². The average molecular weight is 461 g/mol. The molecule has 4 heterocycles. The molecule has 1 spiro atoms. The molecule has 1 N–H and O–H groups in total. The fraction of sp³-hybridized carbons (Fsp3) is 0.720. The number of hydrogen-bond acceptors (Lipinski definition) is 6. The number of carbonyl (C=O) groups is 3. The summed E-state index contributed by atoms with van der Waals surface area (Å²) in [5.41, 5.74) is -2.37. The number of aliphatic hydroxyl groups is 1. The Morgan fingerprint density at radius 1 is 1.15 bits per heavy atom. The van der Waals surface area contributed by atoms with Gasteiger partial charge in [0.1, 0.15) is 17.6 Å². The minimum atomic E-state index is -1.30. The third-order valence-electron chi connectivity index (χ3n) is 7.54. The molecule has 6 atom stereocenters. The molecule has 0 aliphatic carbocycles. The molecule has 33 heavy (non-hydrogen) atoms. The van der Waals surface area contributed by atoms with Crippen LogP contribution in [0.1, 0.15) is 52.9 Å². The van der Waals surface area contributed by atoms with E-state index in [9.17, 15) is 19.5 Å². The molecule has 2 saturated heterocycles. The van der Waals surface area contributed by atoms with E-state index in [1.165, 1.54) is 4.90 Å². The number of fused-ring (bicyclic) bond motifs is 2. The van der Waals surface area contributed by atoms with Crippen LogP contribution in [0.2, 0.25) is 0 Å². The van der Waals surface area contributed by atoms with Crippen molar-refractivity contribution in [3.8, 4) is 0 Å². The van der Waals surface area contributed by atoms with Gasteiger partial charge in [0.15, 0.2) is 0 Å². The van der Waals surface area contributed by atoms with E-state index in [1.807, 2.05) is 31.2 Å². The molecule has 0 saturated carbocycles. The van der Waals surface area contributed by atoms with Crippen molar-refractivity contribution in [1.29, 1.82) is 0 Å². The summed E-state index contributed by atoms with van der Waals surface area (Å²) < 4.78 is 12.3. The summed E-state index contributed by atoms with van der Waals surface area (Å²) in [6.07, 6.45) is 11.9. The second kappa shape index (κ2) is 9.22. The molecule has 0 radical (unpaired) electrons. The summed E-state index contributed by atoms with van der Waals surface area (Å²) in [6.45, 7) is 6.60. The van der Waals surface area contributed by atoms with Gasteiger partial charge >= 0.3 is 5.97 Å². The van der Waals surface area contributed by atoms with Gasteiger partial charge in [-0.25, -0.2) is 0 Å². The van der Waals surface area contributed by atoms with Gasteiger partial charge in [0.25, 0.3) is 0 Å². The maximum absolute atomic E-state index is 13.9. The SMILES string of the molecule is CCCCN1CC=C[C@]23O[C@@]4(C)/C=C\CCCCOC(=O)[C@H]4[C@H]2C(=O)N([C@H](C)CO)C3C1=O. The van der Waals surface area contributed by atoms with E-state index >= 15 is 0 Å². The summed E-state index contributed by atoms with van der Waals surface area (Å²) in [6, 6.07) is -1.53. The standard InChI is InChI=1S/C25H36N2O6/c1-4-5-13-26-14-10-12-25-18(21(29)27(17(2)16-28)20(25)22(26)30)19-23(31)32-15-9-7-6-8-11-24(19,3)33-25/h8,10-12,17-20,28H,4-7,9,13-16H2,1-3H3/b11-8-/t17-,18+,19-,20?,24+,25+/m1/s1. The van der Waals surface area contributed by atoms with Crippen LogP contribution >= 0.6 is 0 Å². The number of likely N-dealkylation sites (tertiary alicyclic amines) is 1.